The summed E-state index contributed by atoms with van der Waals surface area (Å²) >= 11 is 0. The van der Waals surface area contributed by atoms with Crippen LogP contribution in [0.1, 0.15) is 0 Å². The molecule has 0 atom stereocenters. The van der Waals surface area contributed by atoms with Crippen molar-refractivity contribution in [2.75, 3.05) is 26.3 Å². The van der Waals surface area contributed by atoms with E-state index in [0.717, 1.165) is 0 Å². The van der Waals surface area contributed by atoms with Gasteiger partial charge in [0.1, 0.15) is 0 Å². The van der Waals surface area contributed by atoms with Crippen molar-refractivity contribution in [3.05, 3.63) is 0 Å². The summed E-state index contributed by atoms with van der Waals surface area (Å²) in [6.07, 6.45) is 0. The number of hydrogen-bond acceptors (Lipinski definition) is 5. The molecule has 0 rings (SSSR count). The molecule has 6 nitrogen and oxygen atoms in total. The van der Waals surface area contributed by atoms with Crippen molar-refractivity contribution in [2.24, 2.45) is 5.14 Å². The van der Waals surface area contributed by atoms with Crippen molar-refractivity contribution in [1.82, 2.24) is 5.32 Å². The van der Waals surface area contributed by atoms with Crippen LogP contribution in [0.15, 0.2) is 0 Å². The second-order valence-electron chi connectivity index (χ2n) is 1.67. The van der Waals surface area contributed by atoms with Gasteiger partial charge >= 0.3 is 10.4 Å². The molecule has 0 aliphatic heterocycles. The minimum atomic E-state index is -4.67. The van der Waals surface area contributed by atoms with Gasteiger partial charge in [-0.1, -0.05) is 3.89 Å². The van der Waals surface area contributed by atoms with E-state index in [-0.39, 0.29) is 13.2 Å². The fourth-order valence-corrected chi connectivity index (χ4v) is 0.283. The standard InChI is InChI=1S/C4H11NO2.FH2NO2S/c6-3-1-5-2-4-7;1-5(2,3)4/h5-7H,1-4H2;(H2,2,3,4). The van der Waals surface area contributed by atoms with Gasteiger partial charge in [-0.3, -0.25) is 0 Å². The van der Waals surface area contributed by atoms with E-state index in [1.165, 1.54) is 0 Å². The number of rotatable bonds is 4. The highest BCUT2D eigenvalue weighted by Gasteiger charge is 1.86. The Morgan fingerprint density at radius 1 is 1.25 bits per heavy atom. The molecule has 76 valence electrons. The number of aliphatic hydroxyl groups excluding tert-OH is 2. The third-order valence-electron chi connectivity index (χ3n) is 0.577. The Kier molecular flexibility index (Phi) is 10.5. The van der Waals surface area contributed by atoms with Crippen LogP contribution >= 0.6 is 0 Å². The van der Waals surface area contributed by atoms with Crippen molar-refractivity contribution in [1.29, 1.82) is 0 Å². The first-order valence-electron chi connectivity index (χ1n) is 3.06. The summed E-state index contributed by atoms with van der Waals surface area (Å²) in [4.78, 5) is 0. The number of nitrogens with two attached hydrogens (primary N) is 1. The van der Waals surface area contributed by atoms with E-state index in [0.29, 0.717) is 13.1 Å². The summed E-state index contributed by atoms with van der Waals surface area (Å²) in [7, 11) is -4.67. The van der Waals surface area contributed by atoms with Gasteiger partial charge in [-0.05, 0) is 0 Å². The third kappa shape index (κ3) is 53.4. The van der Waals surface area contributed by atoms with E-state index in [1.807, 2.05) is 0 Å². The normalized spacial score (nSPS) is 10.3. The van der Waals surface area contributed by atoms with Crippen LogP contribution in [0, 0.1) is 0 Å². The third-order valence-corrected chi connectivity index (χ3v) is 0.577. The molecule has 0 fully saturated rings. The maximum Gasteiger partial charge on any atom is 0.369 e. The van der Waals surface area contributed by atoms with E-state index < -0.39 is 10.4 Å². The molecule has 0 amide bonds. The molecule has 0 radical (unpaired) electrons. The van der Waals surface area contributed by atoms with Crippen molar-refractivity contribution < 1.29 is 22.5 Å². The van der Waals surface area contributed by atoms with Gasteiger partial charge in [0.05, 0.1) is 13.2 Å². The topological polar surface area (TPSA) is 113 Å². The first kappa shape index (κ1) is 14.3. The second-order valence-corrected chi connectivity index (χ2v) is 2.62. The van der Waals surface area contributed by atoms with E-state index in [1.54, 1.807) is 0 Å². The second kappa shape index (κ2) is 8.81. The van der Waals surface area contributed by atoms with Crippen molar-refractivity contribution in [2.45, 2.75) is 0 Å². The largest absolute Gasteiger partial charge is 0.395 e. The molecule has 0 aliphatic carbocycles. The summed E-state index contributed by atoms with van der Waals surface area (Å²) in [6, 6.07) is 0. The van der Waals surface area contributed by atoms with Crippen LogP contribution in [-0.4, -0.2) is 44.9 Å². The van der Waals surface area contributed by atoms with Crippen LogP contribution < -0.4 is 10.5 Å². The fourth-order valence-electron chi connectivity index (χ4n) is 0.283. The minimum Gasteiger partial charge on any atom is -0.395 e. The van der Waals surface area contributed by atoms with E-state index in [2.05, 4.69) is 10.5 Å². The highest BCUT2D eigenvalue weighted by atomic mass is 32.3. The van der Waals surface area contributed by atoms with Crippen LogP contribution in [0.25, 0.3) is 0 Å². The molecule has 0 aromatic rings. The van der Waals surface area contributed by atoms with Crippen LogP contribution in [0.2, 0.25) is 0 Å². The zero-order chi connectivity index (χ0) is 10.0. The molecule has 0 spiro atoms. The Morgan fingerprint density at radius 2 is 1.50 bits per heavy atom. The predicted molar refractivity (Wildman–Crippen MR) is 41.3 cm³/mol. The van der Waals surface area contributed by atoms with Crippen molar-refractivity contribution in [3.8, 4) is 0 Å². The molecule has 0 unspecified atom stereocenters. The van der Waals surface area contributed by atoms with Crippen LogP contribution in [0.3, 0.4) is 0 Å². The number of halogens is 1. The van der Waals surface area contributed by atoms with Gasteiger partial charge in [-0.2, -0.15) is 8.42 Å². The number of hydrogen-bond donors (Lipinski definition) is 4. The summed E-state index contributed by atoms with van der Waals surface area (Å²) in [5, 5.41) is 22.7. The minimum absolute atomic E-state index is 0.139. The van der Waals surface area contributed by atoms with Crippen LogP contribution in [0.4, 0.5) is 3.89 Å². The molecule has 0 saturated carbocycles. The van der Waals surface area contributed by atoms with Gasteiger partial charge in [-0.25, -0.2) is 5.14 Å². The van der Waals surface area contributed by atoms with E-state index in [4.69, 9.17) is 18.6 Å². The SMILES string of the molecule is NS(=O)(=O)F.OCCNCCO. The smallest absolute Gasteiger partial charge is 0.369 e. The quantitative estimate of drug-likeness (QED) is 0.304. The van der Waals surface area contributed by atoms with Gasteiger partial charge in [0, 0.05) is 13.1 Å². The van der Waals surface area contributed by atoms with E-state index >= 15 is 0 Å². The predicted octanol–water partition coefficient (Wildman–Crippen LogP) is -2.28. The van der Waals surface area contributed by atoms with Gasteiger partial charge < -0.3 is 15.5 Å². The fraction of sp³-hybridized carbons (Fsp3) is 1.00. The lowest BCUT2D eigenvalue weighted by atomic mass is 10.6. The summed E-state index contributed by atoms with van der Waals surface area (Å²) in [5.74, 6) is 0. The highest BCUT2D eigenvalue weighted by molar-refractivity contribution is 7.83. The van der Waals surface area contributed by atoms with Crippen molar-refractivity contribution in [3.63, 3.8) is 0 Å². The van der Waals surface area contributed by atoms with Gasteiger partial charge in [0.25, 0.3) is 0 Å². The summed E-state index contributed by atoms with van der Waals surface area (Å²) in [6.45, 7) is 1.42. The summed E-state index contributed by atoms with van der Waals surface area (Å²) < 4.78 is 27.9. The molecule has 12 heavy (non-hydrogen) atoms. The van der Waals surface area contributed by atoms with Gasteiger partial charge in [-0.15, -0.1) is 0 Å². The lowest BCUT2D eigenvalue weighted by Gasteiger charge is -1.94. The Morgan fingerprint density at radius 3 is 1.67 bits per heavy atom. The Labute approximate surface area is 70.5 Å². The average molecular weight is 204 g/mol. The Hall–Kier alpha value is -0.280. The number of nitrogens with one attached hydrogen (secondary N) is 1. The first-order valence-corrected chi connectivity index (χ1v) is 4.51. The van der Waals surface area contributed by atoms with E-state index in [9.17, 15) is 3.89 Å². The molecule has 8 heteroatoms. The van der Waals surface area contributed by atoms with Crippen molar-refractivity contribution >= 4 is 10.4 Å². The maximum atomic E-state index is 10.4. The molecule has 0 aromatic carbocycles. The monoisotopic (exact) mass is 204 g/mol. The highest BCUT2D eigenvalue weighted by Crippen LogP contribution is 1.67. The average Bonchev–Trinajstić information content (AvgIpc) is 1.85. The molecule has 5 N–H and O–H groups in total. The Bertz CT molecular complexity index is 160. The molecular weight excluding hydrogens is 191 g/mol. The lowest BCUT2D eigenvalue weighted by Crippen LogP contribution is -2.21. The zero-order valence-electron chi connectivity index (χ0n) is 6.40. The zero-order valence-corrected chi connectivity index (χ0v) is 7.22. The van der Waals surface area contributed by atoms with Gasteiger partial charge in [0.2, 0.25) is 0 Å². The number of aliphatic hydroxyl groups is 2. The maximum absolute atomic E-state index is 10.4. The van der Waals surface area contributed by atoms with Gasteiger partial charge in [0.15, 0.2) is 0 Å². The van der Waals surface area contributed by atoms with Crippen LogP contribution in [-0.2, 0) is 10.4 Å². The molecule has 0 saturated heterocycles. The Balaban J connectivity index is 0. The molecular formula is C4H13FN2O4S. The first-order chi connectivity index (χ1) is 5.41. The molecule has 0 bridgehead atoms. The molecule has 0 heterocycles. The van der Waals surface area contributed by atoms with Crippen LogP contribution in [0.5, 0.6) is 0 Å². The lowest BCUT2D eigenvalue weighted by molar-refractivity contribution is 0.266. The molecule has 0 aromatic heterocycles. The summed E-state index contributed by atoms with van der Waals surface area (Å²) in [5.41, 5.74) is 0. The molecule has 0 aliphatic rings.